The highest BCUT2D eigenvalue weighted by Crippen LogP contribution is 2.30. The lowest BCUT2D eigenvalue weighted by molar-refractivity contribution is -0.384. The molecule has 30 heavy (non-hydrogen) atoms. The molecule has 1 aromatic heterocycles. The molecule has 3 aromatic rings. The first kappa shape index (κ1) is 21.1. The van der Waals surface area contributed by atoms with Crippen molar-refractivity contribution in [2.75, 3.05) is 0 Å². The lowest BCUT2D eigenvalue weighted by Crippen LogP contribution is -2.22. The normalized spacial score (nSPS) is 15.5. The smallest absolute Gasteiger partial charge is 0.269 e. The summed E-state index contributed by atoms with van der Waals surface area (Å²) in [6.45, 7) is 0.885. The molecule has 0 amide bonds. The Morgan fingerprint density at radius 2 is 1.80 bits per heavy atom. The molecule has 0 radical (unpaired) electrons. The maximum absolute atomic E-state index is 11.0. The van der Waals surface area contributed by atoms with Crippen LogP contribution in [0.4, 0.5) is 11.4 Å². The minimum absolute atomic E-state index is 0.0912. The molecule has 2 aromatic carbocycles. The molecule has 1 aliphatic carbocycles. The summed E-state index contributed by atoms with van der Waals surface area (Å²) >= 11 is 13.8. The average Bonchev–Trinajstić information content (AvgIpc) is 3.13. The molecule has 0 saturated heterocycles. The SMILES string of the molecule is O=[N+]([O-])c1ccc(-c2csc(=Nc3ccc(Cl)c(Cl)c3)n2CC2CCCCC2)cc1. The van der Waals surface area contributed by atoms with Gasteiger partial charge in [0.2, 0.25) is 0 Å². The van der Waals surface area contributed by atoms with E-state index in [-0.39, 0.29) is 10.6 Å². The van der Waals surface area contributed by atoms with Crippen molar-refractivity contribution in [3.8, 4) is 11.3 Å². The van der Waals surface area contributed by atoms with Gasteiger partial charge >= 0.3 is 0 Å². The second kappa shape index (κ2) is 9.33. The number of hydrogen-bond acceptors (Lipinski definition) is 4. The number of nitrogens with zero attached hydrogens (tertiary/aromatic N) is 3. The van der Waals surface area contributed by atoms with Crippen LogP contribution in [0.3, 0.4) is 0 Å². The van der Waals surface area contributed by atoms with Gasteiger partial charge in [-0.25, -0.2) is 4.99 Å². The Morgan fingerprint density at radius 3 is 2.47 bits per heavy atom. The third kappa shape index (κ3) is 4.77. The molecule has 1 fully saturated rings. The molecule has 156 valence electrons. The van der Waals surface area contributed by atoms with Crippen LogP contribution in [0.1, 0.15) is 32.1 Å². The molecule has 0 spiro atoms. The lowest BCUT2D eigenvalue weighted by Gasteiger charge is -2.23. The van der Waals surface area contributed by atoms with Crippen molar-refractivity contribution < 1.29 is 4.92 Å². The van der Waals surface area contributed by atoms with E-state index in [1.54, 1.807) is 47.7 Å². The molecule has 0 aliphatic heterocycles. The first-order valence-electron chi connectivity index (χ1n) is 9.94. The summed E-state index contributed by atoms with van der Waals surface area (Å²) in [5.74, 6) is 0.609. The summed E-state index contributed by atoms with van der Waals surface area (Å²) in [4.78, 5) is 16.3. The molecule has 5 nitrogen and oxygen atoms in total. The van der Waals surface area contributed by atoms with Gasteiger partial charge in [-0.15, -0.1) is 11.3 Å². The summed E-state index contributed by atoms with van der Waals surface area (Å²) in [7, 11) is 0. The van der Waals surface area contributed by atoms with Gasteiger partial charge < -0.3 is 4.57 Å². The Kier molecular flexibility index (Phi) is 6.56. The zero-order chi connectivity index (χ0) is 21.1. The molecular weight excluding hydrogens is 441 g/mol. The molecule has 0 N–H and O–H groups in total. The fourth-order valence-corrected chi connectivity index (χ4v) is 5.10. The number of nitro groups is 1. The number of halogens is 2. The lowest BCUT2D eigenvalue weighted by atomic mass is 9.89. The largest absolute Gasteiger partial charge is 0.316 e. The monoisotopic (exact) mass is 461 g/mol. The molecule has 0 atom stereocenters. The molecule has 0 unspecified atom stereocenters. The number of nitro benzene ring substituents is 1. The van der Waals surface area contributed by atoms with Crippen LogP contribution >= 0.6 is 34.5 Å². The van der Waals surface area contributed by atoms with Gasteiger partial charge in [-0.1, -0.05) is 42.5 Å². The van der Waals surface area contributed by atoms with Gasteiger partial charge in [0.15, 0.2) is 4.80 Å². The Labute approximate surface area is 188 Å². The zero-order valence-electron chi connectivity index (χ0n) is 16.3. The standard InChI is InChI=1S/C22H21Cl2N3O2S/c23-19-11-8-17(12-20(19)24)25-22-26(13-15-4-2-1-3-5-15)21(14-30-22)16-6-9-18(10-7-16)27(28)29/h6-12,14-15H,1-5,13H2. The summed E-state index contributed by atoms with van der Waals surface area (Å²) in [6.07, 6.45) is 6.27. The zero-order valence-corrected chi connectivity index (χ0v) is 18.6. The number of aromatic nitrogens is 1. The minimum Gasteiger partial charge on any atom is -0.316 e. The minimum atomic E-state index is -0.376. The quantitative estimate of drug-likeness (QED) is 0.296. The van der Waals surface area contributed by atoms with E-state index in [2.05, 4.69) is 9.95 Å². The van der Waals surface area contributed by atoms with Gasteiger partial charge in [0, 0.05) is 24.1 Å². The number of benzene rings is 2. The predicted octanol–water partition coefficient (Wildman–Crippen LogP) is 7.24. The van der Waals surface area contributed by atoms with Gasteiger partial charge in [0.05, 0.1) is 26.3 Å². The Hall–Kier alpha value is -2.15. The van der Waals surface area contributed by atoms with Crippen molar-refractivity contribution in [1.29, 1.82) is 0 Å². The molecule has 4 rings (SSSR count). The van der Waals surface area contributed by atoms with E-state index >= 15 is 0 Å². The van der Waals surface area contributed by atoms with Gasteiger partial charge in [-0.3, -0.25) is 10.1 Å². The van der Waals surface area contributed by atoms with Crippen molar-refractivity contribution >= 4 is 45.9 Å². The van der Waals surface area contributed by atoms with Crippen molar-refractivity contribution in [3.05, 3.63) is 72.8 Å². The van der Waals surface area contributed by atoms with Crippen LogP contribution in [0, 0.1) is 16.0 Å². The van der Waals surface area contributed by atoms with Gasteiger partial charge in [0.1, 0.15) is 0 Å². The second-order valence-electron chi connectivity index (χ2n) is 7.53. The average molecular weight is 462 g/mol. The first-order valence-corrected chi connectivity index (χ1v) is 11.6. The third-order valence-electron chi connectivity index (χ3n) is 5.46. The summed E-state index contributed by atoms with van der Waals surface area (Å²) < 4.78 is 2.24. The van der Waals surface area contributed by atoms with E-state index < -0.39 is 0 Å². The first-order chi connectivity index (χ1) is 14.5. The van der Waals surface area contributed by atoms with Crippen LogP contribution in [0.2, 0.25) is 10.0 Å². The number of rotatable bonds is 5. The topological polar surface area (TPSA) is 60.4 Å². The van der Waals surface area contributed by atoms with Gasteiger partial charge in [0.25, 0.3) is 5.69 Å². The van der Waals surface area contributed by atoms with Crippen LogP contribution in [-0.4, -0.2) is 9.49 Å². The molecule has 0 bridgehead atoms. The van der Waals surface area contributed by atoms with Crippen molar-refractivity contribution in [3.63, 3.8) is 0 Å². The second-order valence-corrected chi connectivity index (χ2v) is 9.18. The summed E-state index contributed by atoms with van der Waals surface area (Å²) in [6, 6.07) is 12.1. The summed E-state index contributed by atoms with van der Waals surface area (Å²) in [5.41, 5.74) is 2.81. The highest BCUT2D eigenvalue weighted by molar-refractivity contribution is 7.07. The molecule has 8 heteroatoms. The Morgan fingerprint density at radius 1 is 1.07 bits per heavy atom. The Bertz CT molecular complexity index is 1120. The fourth-order valence-electron chi connectivity index (χ4n) is 3.87. The number of thiazole rings is 1. The van der Waals surface area contributed by atoms with E-state index in [0.717, 1.165) is 28.3 Å². The summed E-state index contributed by atoms with van der Waals surface area (Å²) in [5, 5.41) is 14.1. The molecular formula is C22H21Cl2N3O2S. The highest BCUT2D eigenvalue weighted by Gasteiger charge is 2.18. The van der Waals surface area contributed by atoms with E-state index in [9.17, 15) is 10.1 Å². The van der Waals surface area contributed by atoms with Crippen LogP contribution in [0.15, 0.2) is 52.8 Å². The third-order valence-corrected chi connectivity index (χ3v) is 7.07. The van der Waals surface area contributed by atoms with Crippen LogP contribution in [-0.2, 0) is 6.54 Å². The van der Waals surface area contributed by atoms with E-state index in [0.29, 0.717) is 16.0 Å². The maximum atomic E-state index is 11.0. The number of non-ortho nitro benzene ring substituents is 1. The number of hydrogen-bond donors (Lipinski definition) is 0. The van der Waals surface area contributed by atoms with E-state index in [1.165, 1.54) is 32.1 Å². The van der Waals surface area contributed by atoms with Crippen molar-refractivity contribution in [1.82, 2.24) is 4.57 Å². The molecule has 1 saturated carbocycles. The highest BCUT2D eigenvalue weighted by atomic mass is 35.5. The molecule has 1 heterocycles. The van der Waals surface area contributed by atoms with Gasteiger partial charge in [-0.2, -0.15) is 0 Å². The van der Waals surface area contributed by atoms with Crippen molar-refractivity contribution in [2.24, 2.45) is 10.9 Å². The van der Waals surface area contributed by atoms with Crippen LogP contribution in [0.5, 0.6) is 0 Å². The van der Waals surface area contributed by atoms with Gasteiger partial charge in [-0.05, 0) is 54.7 Å². The Balaban J connectivity index is 1.76. The van der Waals surface area contributed by atoms with Crippen molar-refractivity contribution in [2.45, 2.75) is 38.6 Å². The predicted molar refractivity (Wildman–Crippen MR) is 123 cm³/mol. The fraction of sp³-hybridized carbons (Fsp3) is 0.318. The maximum Gasteiger partial charge on any atom is 0.269 e. The van der Waals surface area contributed by atoms with Crippen LogP contribution in [0.25, 0.3) is 11.3 Å². The van der Waals surface area contributed by atoms with E-state index in [1.807, 2.05) is 6.07 Å². The van der Waals surface area contributed by atoms with Crippen LogP contribution < -0.4 is 4.80 Å². The molecule has 1 aliphatic rings. The van der Waals surface area contributed by atoms with E-state index in [4.69, 9.17) is 28.2 Å².